The topological polar surface area (TPSA) is 144 Å². The van der Waals surface area contributed by atoms with Crippen molar-refractivity contribution in [1.29, 1.82) is 0 Å². The van der Waals surface area contributed by atoms with Crippen LogP contribution in [0.4, 0.5) is 0 Å². The maximum absolute atomic E-state index is 10.7. The van der Waals surface area contributed by atoms with Gasteiger partial charge in [0.15, 0.2) is 6.23 Å². The molecule has 0 heterocycles. The highest BCUT2D eigenvalue weighted by atomic mass is 16.4. The van der Waals surface area contributed by atoms with Crippen molar-refractivity contribution in [3.8, 4) is 0 Å². The number of carbonyl (C=O) groups excluding carboxylic acids is 1. The third-order valence-electron chi connectivity index (χ3n) is 1.49. The summed E-state index contributed by atoms with van der Waals surface area (Å²) in [6, 6.07) is 0. The first-order valence-corrected chi connectivity index (χ1v) is 3.54. The Labute approximate surface area is 74.0 Å². The van der Waals surface area contributed by atoms with Crippen LogP contribution in [0.15, 0.2) is 0 Å². The highest BCUT2D eigenvalue weighted by Crippen LogP contribution is 2.02. The minimum absolute atomic E-state index is 0.813. The van der Waals surface area contributed by atoms with Gasteiger partial charge in [0.05, 0.1) is 6.61 Å². The largest absolute Gasteiger partial charge is 0.394 e. The summed E-state index contributed by atoms with van der Waals surface area (Å²) in [4.78, 5) is 10.7. The number of rotatable bonds is 5. The third kappa shape index (κ3) is 3.35. The molecule has 7 heteroatoms. The molecule has 0 amide bonds. The fourth-order valence-corrected chi connectivity index (χ4v) is 0.662. The second-order valence-corrected chi connectivity index (χ2v) is 2.53. The van der Waals surface area contributed by atoms with E-state index < -0.39 is 36.9 Å². The van der Waals surface area contributed by atoms with Crippen molar-refractivity contribution < 1.29 is 30.3 Å². The molecule has 0 saturated heterocycles. The Bertz CT molecular complexity index is 173. The summed E-state index contributed by atoms with van der Waals surface area (Å²) < 4.78 is 0. The zero-order chi connectivity index (χ0) is 10.6. The highest BCUT2D eigenvalue weighted by molar-refractivity contribution is 5.86. The van der Waals surface area contributed by atoms with Crippen molar-refractivity contribution in [3.63, 3.8) is 0 Å². The maximum Gasteiger partial charge on any atom is 0.206 e. The molecule has 1 unspecified atom stereocenters. The Hall–Kier alpha value is -0.570. The molecule has 0 aliphatic carbocycles. The standard InChI is InChI=1S/C6H13NO6/c7-6(13)5(12)4(11)3(10)2(9)1-8/h2-4,6,8-11,13H,1,7H2/t2-,3+,4+,6?/m1/s1. The van der Waals surface area contributed by atoms with E-state index in [1.807, 2.05) is 0 Å². The van der Waals surface area contributed by atoms with Crippen molar-refractivity contribution in [3.05, 3.63) is 0 Å². The fourth-order valence-electron chi connectivity index (χ4n) is 0.662. The van der Waals surface area contributed by atoms with Crippen LogP contribution < -0.4 is 5.73 Å². The number of ketones is 1. The van der Waals surface area contributed by atoms with E-state index in [1.54, 1.807) is 0 Å². The summed E-state index contributed by atoms with van der Waals surface area (Å²) in [7, 11) is 0. The van der Waals surface area contributed by atoms with Crippen LogP contribution in [0.1, 0.15) is 0 Å². The van der Waals surface area contributed by atoms with Gasteiger partial charge in [0.2, 0.25) is 5.78 Å². The fraction of sp³-hybridized carbons (Fsp3) is 0.833. The molecular weight excluding hydrogens is 182 g/mol. The molecule has 13 heavy (non-hydrogen) atoms. The first-order chi connectivity index (χ1) is 5.91. The zero-order valence-electron chi connectivity index (χ0n) is 6.74. The lowest BCUT2D eigenvalue weighted by molar-refractivity contribution is -0.148. The zero-order valence-corrected chi connectivity index (χ0v) is 6.74. The SMILES string of the molecule is NC(O)C(=O)[C@@H](O)[C@@H](O)[C@H](O)CO. The molecule has 0 spiro atoms. The van der Waals surface area contributed by atoms with E-state index in [0.717, 1.165) is 0 Å². The number of carbonyl (C=O) groups is 1. The van der Waals surface area contributed by atoms with Gasteiger partial charge in [-0.3, -0.25) is 10.5 Å². The number of hydrogen-bond acceptors (Lipinski definition) is 7. The Morgan fingerprint density at radius 1 is 1.23 bits per heavy atom. The molecule has 78 valence electrons. The normalized spacial score (nSPS) is 20.5. The quantitative estimate of drug-likeness (QED) is 0.245. The predicted molar refractivity (Wildman–Crippen MR) is 40.3 cm³/mol. The van der Waals surface area contributed by atoms with E-state index in [9.17, 15) is 4.79 Å². The van der Waals surface area contributed by atoms with Gasteiger partial charge in [-0.1, -0.05) is 0 Å². The molecule has 0 aromatic heterocycles. The molecular formula is C6H13NO6. The Kier molecular flexibility index (Phi) is 4.99. The number of Topliss-reactive ketones (excluding diaryl/α,β-unsaturated/α-hetero) is 1. The van der Waals surface area contributed by atoms with E-state index in [-0.39, 0.29) is 0 Å². The average molecular weight is 195 g/mol. The smallest absolute Gasteiger partial charge is 0.206 e. The van der Waals surface area contributed by atoms with Crippen molar-refractivity contribution in [2.45, 2.75) is 24.5 Å². The molecule has 0 aliphatic heterocycles. The molecule has 7 N–H and O–H groups in total. The second-order valence-electron chi connectivity index (χ2n) is 2.53. The predicted octanol–water partition coefficient (Wildman–Crippen LogP) is -4.09. The molecule has 0 saturated carbocycles. The van der Waals surface area contributed by atoms with Crippen molar-refractivity contribution in [2.75, 3.05) is 6.61 Å². The van der Waals surface area contributed by atoms with Crippen molar-refractivity contribution in [1.82, 2.24) is 0 Å². The third-order valence-corrected chi connectivity index (χ3v) is 1.49. The molecule has 0 aromatic carbocycles. The van der Waals surface area contributed by atoms with Crippen LogP contribution in [0.5, 0.6) is 0 Å². The Balaban J connectivity index is 4.24. The molecule has 7 nitrogen and oxygen atoms in total. The molecule has 0 bridgehead atoms. The van der Waals surface area contributed by atoms with Gasteiger partial charge >= 0.3 is 0 Å². The minimum atomic E-state index is -2.01. The van der Waals surface area contributed by atoms with Crippen LogP contribution in [0, 0.1) is 0 Å². The molecule has 0 rings (SSSR count). The van der Waals surface area contributed by atoms with Gasteiger partial charge in [-0.2, -0.15) is 0 Å². The van der Waals surface area contributed by atoms with Crippen molar-refractivity contribution in [2.24, 2.45) is 5.73 Å². The lowest BCUT2D eigenvalue weighted by atomic mass is 10.0. The van der Waals surface area contributed by atoms with Crippen LogP contribution in [-0.4, -0.2) is 62.5 Å². The van der Waals surface area contributed by atoms with Crippen LogP contribution in [-0.2, 0) is 4.79 Å². The van der Waals surface area contributed by atoms with Crippen LogP contribution in [0.3, 0.4) is 0 Å². The van der Waals surface area contributed by atoms with Crippen LogP contribution >= 0.6 is 0 Å². The van der Waals surface area contributed by atoms with E-state index in [2.05, 4.69) is 0 Å². The molecule has 0 aliphatic rings. The van der Waals surface area contributed by atoms with Crippen LogP contribution in [0.25, 0.3) is 0 Å². The van der Waals surface area contributed by atoms with Gasteiger partial charge in [-0.15, -0.1) is 0 Å². The molecule has 4 atom stereocenters. The van der Waals surface area contributed by atoms with E-state index >= 15 is 0 Å². The summed E-state index contributed by atoms with van der Waals surface area (Å²) in [5.41, 5.74) is 4.71. The monoisotopic (exact) mass is 195 g/mol. The second kappa shape index (κ2) is 5.22. The first-order valence-electron chi connectivity index (χ1n) is 3.54. The summed E-state index contributed by atoms with van der Waals surface area (Å²) in [5.74, 6) is -1.22. The molecule has 0 fully saturated rings. The van der Waals surface area contributed by atoms with Crippen molar-refractivity contribution >= 4 is 5.78 Å². The molecule has 0 aromatic rings. The maximum atomic E-state index is 10.7. The van der Waals surface area contributed by atoms with E-state index in [1.165, 1.54) is 0 Å². The van der Waals surface area contributed by atoms with Gasteiger partial charge in [-0.05, 0) is 0 Å². The van der Waals surface area contributed by atoms with E-state index in [4.69, 9.17) is 31.3 Å². The summed E-state index contributed by atoms with van der Waals surface area (Å²) in [5, 5.41) is 43.6. The lowest BCUT2D eigenvalue weighted by Crippen LogP contribution is -2.49. The summed E-state index contributed by atoms with van der Waals surface area (Å²) in [6.45, 7) is -0.813. The van der Waals surface area contributed by atoms with Gasteiger partial charge in [0.25, 0.3) is 0 Å². The van der Waals surface area contributed by atoms with Gasteiger partial charge in [0.1, 0.15) is 18.3 Å². The average Bonchev–Trinajstić information content (AvgIpc) is 2.12. The Morgan fingerprint density at radius 2 is 1.69 bits per heavy atom. The van der Waals surface area contributed by atoms with Crippen LogP contribution in [0.2, 0.25) is 0 Å². The lowest BCUT2D eigenvalue weighted by Gasteiger charge is -2.20. The van der Waals surface area contributed by atoms with E-state index in [0.29, 0.717) is 0 Å². The van der Waals surface area contributed by atoms with Gasteiger partial charge in [0, 0.05) is 0 Å². The number of nitrogens with two attached hydrogens (primary N) is 1. The summed E-state index contributed by atoms with van der Waals surface area (Å²) >= 11 is 0. The molecule has 0 radical (unpaired) electrons. The Morgan fingerprint density at radius 3 is 2.00 bits per heavy atom. The highest BCUT2D eigenvalue weighted by Gasteiger charge is 2.32. The van der Waals surface area contributed by atoms with Gasteiger partial charge < -0.3 is 25.5 Å². The summed E-state index contributed by atoms with van der Waals surface area (Å²) in [6.07, 6.45) is -7.45. The first kappa shape index (κ1) is 12.4. The van der Waals surface area contributed by atoms with Gasteiger partial charge in [-0.25, -0.2) is 0 Å². The number of aliphatic hydroxyl groups is 5. The number of hydrogen-bond donors (Lipinski definition) is 6. The minimum Gasteiger partial charge on any atom is -0.394 e. The number of aliphatic hydroxyl groups excluding tert-OH is 5.